The van der Waals surface area contributed by atoms with Gasteiger partial charge in [-0.15, -0.1) is 0 Å². The first-order valence-corrected chi connectivity index (χ1v) is 8.21. The van der Waals surface area contributed by atoms with Gasteiger partial charge in [-0.2, -0.15) is 5.10 Å². The van der Waals surface area contributed by atoms with Crippen LogP contribution >= 0.6 is 11.6 Å². The Morgan fingerprint density at radius 2 is 2.12 bits per heavy atom. The summed E-state index contributed by atoms with van der Waals surface area (Å²) in [7, 11) is 0. The molecule has 5 nitrogen and oxygen atoms in total. The number of halogens is 1. The number of allylic oxidation sites excluding steroid dienone is 1. The number of rotatable bonds is 3. The maximum Gasteiger partial charge on any atom is 0.311 e. The molecule has 24 heavy (non-hydrogen) atoms. The molecule has 0 radical (unpaired) electrons. The number of H-pyrrole nitrogens is 1. The maximum atomic E-state index is 11.9. The van der Waals surface area contributed by atoms with E-state index >= 15 is 0 Å². The quantitative estimate of drug-likeness (QED) is 0.857. The zero-order valence-electron chi connectivity index (χ0n) is 14.2. The number of carbonyl (C=O) groups is 1. The van der Waals surface area contributed by atoms with Gasteiger partial charge < -0.3 is 4.74 Å². The first-order chi connectivity index (χ1) is 11.3. The number of aromatic amines is 1. The largest absolute Gasteiger partial charge is 0.463 e. The van der Waals surface area contributed by atoms with Gasteiger partial charge in [-0.25, -0.2) is 0 Å². The first-order valence-electron chi connectivity index (χ1n) is 7.83. The van der Waals surface area contributed by atoms with Crippen LogP contribution in [0.25, 0.3) is 10.9 Å². The van der Waals surface area contributed by atoms with Gasteiger partial charge in [0.25, 0.3) is 0 Å². The van der Waals surface area contributed by atoms with E-state index < -0.39 is 5.41 Å². The molecule has 1 aliphatic heterocycles. The van der Waals surface area contributed by atoms with Crippen LogP contribution in [0.5, 0.6) is 0 Å². The molecule has 0 aliphatic carbocycles. The average Bonchev–Trinajstić information content (AvgIpc) is 3.06. The number of hydrogen-bond donors (Lipinski definition) is 1. The highest BCUT2D eigenvalue weighted by Crippen LogP contribution is 2.26. The second-order valence-electron chi connectivity index (χ2n) is 7.01. The van der Waals surface area contributed by atoms with Gasteiger partial charge in [-0.05, 0) is 51.5 Å². The van der Waals surface area contributed by atoms with E-state index in [0.717, 1.165) is 27.9 Å². The molecular formula is C18H20ClN3O2. The summed E-state index contributed by atoms with van der Waals surface area (Å²) in [6.45, 7) is 7.73. The van der Waals surface area contributed by atoms with Crippen molar-refractivity contribution in [3.8, 4) is 0 Å². The number of benzene rings is 1. The van der Waals surface area contributed by atoms with E-state index in [0.29, 0.717) is 5.02 Å². The summed E-state index contributed by atoms with van der Waals surface area (Å²) < 4.78 is 5.37. The SMILES string of the molecule is CC1=CC(COC(=O)C(C)(C)C)N=C1c1n[nH]c2cc(Cl)ccc12. The van der Waals surface area contributed by atoms with E-state index in [9.17, 15) is 4.79 Å². The lowest BCUT2D eigenvalue weighted by molar-refractivity contribution is -0.153. The molecule has 0 saturated carbocycles. The second-order valence-corrected chi connectivity index (χ2v) is 7.44. The molecule has 2 heterocycles. The van der Waals surface area contributed by atoms with Gasteiger partial charge in [-0.3, -0.25) is 14.9 Å². The third-order valence-electron chi connectivity index (χ3n) is 3.86. The van der Waals surface area contributed by atoms with Crippen molar-refractivity contribution in [2.75, 3.05) is 6.61 Å². The molecule has 0 bridgehead atoms. The normalized spacial score (nSPS) is 17.8. The summed E-state index contributed by atoms with van der Waals surface area (Å²) in [6.07, 6.45) is 2.00. The van der Waals surface area contributed by atoms with Crippen molar-refractivity contribution in [1.82, 2.24) is 10.2 Å². The van der Waals surface area contributed by atoms with E-state index in [1.54, 1.807) is 0 Å². The van der Waals surface area contributed by atoms with E-state index in [1.807, 2.05) is 52.0 Å². The predicted octanol–water partition coefficient (Wildman–Crippen LogP) is 3.92. The van der Waals surface area contributed by atoms with Crippen molar-refractivity contribution in [3.63, 3.8) is 0 Å². The molecule has 1 N–H and O–H groups in total. The zero-order valence-corrected chi connectivity index (χ0v) is 14.9. The van der Waals surface area contributed by atoms with Crippen molar-refractivity contribution in [1.29, 1.82) is 0 Å². The molecule has 3 rings (SSSR count). The van der Waals surface area contributed by atoms with Crippen LogP contribution in [-0.4, -0.2) is 34.5 Å². The fourth-order valence-corrected chi connectivity index (χ4v) is 2.73. The molecule has 1 aromatic heterocycles. The smallest absolute Gasteiger partial charge is 0.311 e. The molecule has 126 valence electrons. The molecule has 6 heteroatoms. The summed E-state index contributed by atoms with van der Waals surface area (Å²) in [4.78, 5) is 16.6. The van der Waals surface area contributed by atoms with Crippen molar-refractivity contribution in [2.24, 2.45) is 10.4 Å². The number of esters is 1. The lowest BCUT2D eigenvalue weighted by atomic mass is 9.97. The highest BCUT2D eigenvalue weighted by molar-refractivity contribution is 6.31. The Labute approximate surface area is 145 Å². The first kappa shape index (κ1) is 16.7. The monoisotopic (exact) mass is 345 g/mol. The Balaban J connectivity index is 1.81. The van der Waals surface area contributed by atoms with Crippen LogP contribution in [0.2, 0.25) is 5.02 Å². The lowest BCUT2D eigenvalue weighted by Gasteiger charge is -2.17. The fourth-order valence-electron chi connectivity index (χ4n) is 2.56. The molecule has 1 aromatic carbocycles. The van der Waals surface area contributed by atoms with Gasteiger partial charge in [0.1, 0.15) is 18.3 Å². The predicted molar refractivity (Wildman–Crippen MR) is 95.6 cm³/mol. The number of nitrogens with one attached hydrogen (secondary N) is 1. The van der Waals surface area contributed by atoms with Crippen LogP contribution in [-0.2, 0) is 9.53 Å². The van der Waals surface area contributed by atoms with Crippen LogP contribution in [0, 0.1) is 5.41 Å². The van der Waals surface area contributed by atoms with E-state index in [4.69, 9.17) is 16.3 Å². The maximum absolute atomic E-state index is 11.9. The molecule has 1 unspecified atom stereocenters. The summed E-state index contributed by atoms with van der Waals surface area (Å²) >= 11 is 6.01. The van der Waals surface area contributed by atoms with E-state index in [1.165, 1.54) is 0 Å². The van der Waals surface area contributed by atoms with Crippen LogP contribution < -0.4 is 0 Å². The van der Waals surface area contributed by atoms with Crippen LogP contribution in [0.4, 0.5) is 0 Å². The minimum absolute atomic E-state index is 0.176. The lowest BCUT2D eigenvalue weighted by Crippen LogP contribution is -2.25. The summed E-state index contributed by atoms with van der Waals surface area (Å²) in [5.41, 5.74) is 2.99. The van der Waals surface area contributed by atoms with Gasteiger partial charge in [-0.1, -0.05) is 17.7 Å². The third kappa shape index (κ3) is 3.22. The number of aromatic nitrogens is 2. The number of nitrogens with zero attached hydrogens (tertiary/aromatic N) is 2. The van der Waals surface area contributed by atoms with Gasteiger partial charge in [0, 0.05) is 10.4 Å². The van der Waals surface area contributed by atoms with Crippen molar-refractivity contribution in [3.05, 3.63) is 40.6 Å². The van der Waals surface area contributed by atoms with Gasteiger partial charge in [0.15, 0.2) is 0 Å². The number of carbonyl (C=O) groups excluding carboxylic acids is 1. The molecule has 0 saturated heterocycles. The van der Waals surface area contributed by atoms with Crippen LogP contribution in [0.1, 0.15) is 33.4 Å². The van der Waals surface area contributed by atoms with Gasteiger partial charge in [0.2, 0.25) is 0 Å². The highest BCUT2D eigenvalue weighted by Gasteiger charge is 2.26. The number of hydrogen-bond acceptors (Lipinski definition) is 4. The summed E-state index contributed by atoms with van der Waals surface area (Å²) in [5.74, 6) is -0.225. The zero-order chi connectivity index (χ0) is 17.5. The van der Waals surface area contributed by atoms with Crippen molar-refractivity contribution in [2.45, 2.75) is 33.7 Å². The van der Waals surface area contributed by atoms with E-state index in [2.05, 4.69) is 15.2 Å². The Kier molecular flexibility index (Phi) is 4.22. The molecule has 1 aliphatic rings. The Morgan fingerprint density at radius 3 is 2.83 bits per heavy atom. The van der Waals surface area contributed by atoms with Crippen molar-refractivity contribution >= 4 is 34.2 Å². The Hall–Kier alpha value is -2.14. The molecule has 0 spiro atoms. The second kappa shape index (κ2) is 6.06. The van der Waals surface area contributed by atoms with Crippen molar-refractivity contribution < 1.29 is 9.53 Å². The fraction of sp³-hybridized carbons (Fsp3) is 0.389. The van der Waals surface area contributed by atoms with Gasteiger partial charge >= 0.3 is 5.97 Å². The molecule has 2 aromatic rings. The van der Waals surface area contributed by atoms with Crippen LogP contribution in [0.3, 0.4) is 0 Å². The molecular weight excluding hydrogens is 326 g/mol. The molecule has 0 amide bonds. The third-order valence-corrected chi connectivity index (χ3v) is 4.09. The van der Waals surface area contributed by atoms with Gasteiger partial charge in [0.05, 0.1) is 16.6 Å². The Morgan fingerprint density at radius 1 is 1.38 bits per heavy atom. The summed E-state index contributed by atoms with van der Waals surface area (Å²) in [6, 6.07) is 5.43. The molecule has 0 fully saturated rings. The number of aliphatic imine (C=N–C) groups is 1. The number of ether oxygens (including phenoxy) is 1. The highest BCUT2D eigenvalue weighted by atomic mass is 35.5. The summed E-state index contributed by atoms with van der Waals surface area (Å²) in [5, 5.41) is 8.99. The average molecular weight is 346 g/mol. The molecule has 1 atom stereocenters. The minimum Gasteiger partial charge on any atom is -0.463 e. The topological polar surface area (TPSA) is 67.3 Å². The Bertz CT molecular complexity index is 859. The van der Waals surface area contributed by atoms with Crippen LogP contribution in [0.15, 0.2) is 34.8 Å². The number of fused-ring (bicyclic) bond motifs is 1. The standard InChI is InChI=1S/C18H20ClN3O2/c1-10-7-12(9-24-17(23)18(2,3)4)20-15(10)16-13-6-5-11(19)8-14(13)21-22-16/h5-8,12H,9H2,1-4H3,(H,21,22). The van der Waals surface area contributed by atoms with E-state index in [-0.39, 0.29) is 18.6 Å². The minimum atomic E-state index is -0.512.